The zero-order valence-corrected chi connectivity index (χ0v) is 13.9. The van der Waals surface area contributed by atoms with Gasteiger partial charge in [-0.05, 0) is 43.0 Å². The molecule has 22 heavy (non-hydrogen) atoms. The van der Waals surface area contributed by atoms with Crippen LogP contribution in [-0.4, -0.2) is 15.9 Å². The van der Waals surface area contributed by atoms with Gasteiger partial charge in [-0.2, -0.15) is 0 Å². The monoisotopic (exact) mass is 329 g/mol. The molecule has 0 bridgehead atoms. The maximum Gasteiger partial charge on any atom is 0.263 e. The van der Waals surface area contributed by atoms with Gasteiger partial charge in [-0.15, -0.1) is 22.7 Å². The van der Waals surface area contributed by atoms with Crippen molar-refractivity contribution in [2.75, 3.05) is 0 Å². The minimum atomic E-state index is -0.0814. The van der Waals surface area contributed by atoms with Crippen LogP contribution >= 0.6 is 22.7 Å². The zero-order valence-electron chi connectivity index (χ0n) is 12.2. The van der Waals surface area contributed by atoms with Crippen molar-refractivity contribution in [2.45, 2.75) is 19.9 Å². The van der Waals surface area contributed by atoms with Gasteiger partial charge in [-0.3, -0.25) is 9.78 Å². The molecule has 0 saturated heterocycles. The second kappa shape index (κ2) is 6.37. The van der Waals surface area contributed by atoms with Crippen LogP contribution in [0, 0.1) is 6.92 Å². The molecule has 0 aliphatic heterocycles. The van der Waals surface area contributed by atoms with Crippen molar-refractivity contribution in [3.8, 4) is 9.88 Å². The van der Waals surface area contributed by atoms with Crippen LogP contribution in [0.1, 0.15) is 33.9 Å². The fourth-order valence-corrected chi connectivity index (χ4v) is 3.88. The van der Waals surface area contributed by atoms with Crippen molar-refractivity contribution in [1.29, 1.82) is 0 Å². The van der Waals surface area contributed by atoms with Crippen molar-refractivity contribution in [3.63, 3.8) is 0 Å². The van der Waals surface area contributed by atoms with Crippen LogP contribution in [-0.2, 0) is 0 Å². The summed E-state index contributed by atoms with van der Waals surface area (Å²) in [6.45, 7) is 3.84. The molecule has 4 nitrogen and oxygen atoms in total. The van der Waals surface area contributed by atoms with Crippen LogP contribution in [0.5, 0.6) is 0 Å². The van der Waals surface area contributed by atoms with E-state index in [-0.39, 0.29) is 11.9 Å². The molecule has 1 unspecified atom stereocenters. The number of carbonyl (C=O) groups is 1. The van der Waals surface area contributed by atoms with E-state index in [0.29, 0.717) is 4.88 Å². The lowest BCUT2D eigenvalue weighted by molar-refractivity contribution is 0.0943. The van der Waals surface area contributed by atoms with E-state index in [1.54, 1.807) is 23.7 Å². The fourth-order valence-electron chi connectivity index (χ4n) is 2.11. The first-order valence-corrected chi connectivity index (χ1v) is 8.57. The number of rotatable bonds is 4. The van der Waals surface area contributed by atoms with E-state index in [0.717, 1.165) is 21.1 Å². The summed E-state index contributed by atoms with van der Waals surface area (Å²) in [5, 5.41) is 5.93. The second-order valence-corrected chi connectivity index (χ2v) is 6.83. The SMILES string of the molecule is Cc1nc(-c2cccs2)sc1C(=O)NC(C)c1ccncc1. The van der Waals surface area contributed by atoms with E-state index in [4.69, 9.17) is 0 Å². The maximum absolute atomic E-state index is 12.5. The molecule has 3 aromatic heterocycles. The molecule has 0 aliphatic rings. The van der Waals surface area contributed by atoms with Gasteiger partial charge < -0.3 is 5.32 Å². The highest BCUT2D eigenvalue weighted by Gasteiger charge is 2.18. The number of pyridine rings is 1. The molecule has 1 amide bonds. The van der Waals surface area contributed by atoms with Gasteiger partial charge in [0.2, 0.25) is 0 Å². The minimum Gasteiger partial charge on any atom is -0.345 e. The number of hydrogen-bond acceptors (Lipinski definition) is 5. The summed E-state index contributed by atoms with van der Waals surface area (Å²) in [5.74, 6) is -0.0814. The van der Waals surface area contributed by atoms with Gasteiger partial charge in [-0.25, -0.2) is 4.98 Å². The number of carbonyl (C=O) groups excluding carboxylic acids is 1. The minimum absolute atomic E-state index is 0.0674. The average molecular weight is 329 g/mol. The van der Waals surface area contributed by atoms with Crippen molar-refractivity contribution >= 4 is 28.6 Å². The van der Waals surface area contributed by atoms with E-state index >= 15 is 0 Å². The van der Waals surface area contributed by atoms with Crippen LogP contribution < -0.4 is 5.32 Å². The molecule has 0 aliphatic carbocycles. The summed E-state index contributed by atoms with van der Waals surface area (Å²) < 4.78 is 0. The Balaban J connectivity index is 1.78. The molecule has 0 fully saturated rings. The third-order valence-corrected chi connectivity index (χ3v) is 5.48. The normalized spacial score (nSPS) is 12.1. The number of thiazole rings is 1. The van der Waals surface area contributed by atoms with Crippen LogP contribution in [0.25, 0.3) is 9.88 Å². The number of thiophene rings is 1. The largest absolute Gasteiger partial charge is 0.345 e. The van der Waals surface area contributed by atoms with Crippen LogP contribution in [0.2, 0.25) is 0 Å². The summed E-state index contributed by atoms with van der Waals surface area (Å²) in [6, 6.07) is 7.75. The maximum atomic E-state index is 12.5. The lowest BCUT2D eigenvalue weighted by atomic mass is 10.1. The quantitative estimate of drug-likeness (QED) is 0.785. The molecular weight excluding hydrogens is 314 g/mol. The van der Waals surface area contributed by atoms with Gasteiger partial charge in [0.05, 0.1) is 16.6 Å². The van der Waals surface area contributed by atoms with E-state index in [1.165, 1.54) is 11.3 Å². The van der Waals surface area contributed by atoms with E-state index in [1.807, 2.05) is 43.5 Å². The first-order valence-electron chi connectivity index (χ1n) is 6.87. The van der Waals surface area contributed by atoms with E-state index < -0.39 is 0 Å². The van der Waals surface area contributed by atoms with Crippen molar-refractivity contribution in [2.24, 2.45) is 0 Å². The van der Waals surface area contributed by atoms with Crippen molar-refractivity contribution in [1.82, 2.24) is 15.3 Å². The lowest BCUT2D eigenvalue weighted by Gasteiger charge is -2.13. The standard InChI is InChI=1S/C16H15N3OS2/c1-10(12-5-7-17-8-6-12)18-15(20)14-11(2)19-16(22-14)13-4-3-9-21-13/h3-10H,1-2H3,(H,18,20). The third-order valence-electron chi connectivity index (χ3n) is 3.29. The Bertz CT molecular complexity index is 766. The predicted octanol–water partition coefficient (Wildman–Crippen LogP) is 4.07. The summed E-state index contributed by atoms with van der Waals surface area (Å²) >= 11 is 3.07. The molecule has 3 rings (SSSR count). The molecule has 0 aromatic carbocycles. The molecule has 112 valence electrons. The average Bonchev–Trinajstić information content (AvgIpc) is 3.17. The van der Waals surface area contributed by atoms with Gasteiger partial charge in [-0.1, -0.05) is 6.07 Å². The first kappa shape index (κ1) is 14.9. The number of hydrogen-bond donors (Lipinski definition) is 1. The Labute approximate surface area is 136 Å². The Morgan fingerprint density at radius 2 is 2.05 bits per heavy atom. The van der Waals surface area contributed by atoms with E-state index in [9.17, 15) is 4.79 Å². The molecule has 3 heterocycles. The molecule has 1 atom stereocenters. The van der Waals surface area contributed by atoms with Crippen LogP contribution in [0.4, 0.5) is 0 Å². The Morgan fingerprint density at radius 3 is 2.73 bits per heavy atom. The highest BCUT2D eigenvalue weighted by molar-refractivity contribution is 7.22. The molecule has 0 radical (unpaired) electrons. The van der Waals surface area contributed by atoms with Gasteiger partial charge in [0.1, 0.15) is 9.88 Å². The van der Waals surface area contributed by atoms with Crippen LogP contribution in [0.15, 0.2) is 42.0 Å². The van der Waals surface area contributed by atoms with Gasteiger partial charge in [0.15, 0.2) is 0 Å². The molecule has 0 spiro atoms. The Morgan fingerprint density at radius 1 is 1.27 bits per heavy atom. The Kier molecular flexibility index (Phi) is 4.31. The summed E-state index contributed by atoms with van der Waals surface area (Å²) in [6.07, 6.45) is 3.45. The zero-order chi connectivity index (χ0) is 15.5. The topological polar surface area (TPSA) is 54.9 Å². The molecule has 6 heteroatoms. The number of aryl methyl sites for hydroxylation is 1. The smallest absolute Gasteiger partial charge is 0.263 e. The number of nitrogens with one attached hydrogen (secondary N) is 1. The Hall–Kier alpha value is -2.05. The summed E-state index contributed by atoms with van der Waals surface area (Å²) in [5.41, 5.74) is 1.80. The highest BCUT2D eigenvalue weighted by atomic mass is 32.1. The second-order valence-electron chi connectivity index (χ2n) is 4.89. The molecule has 3 aromatic rings. The summed E-state index contributed by atoms with van der Waals surface area (Å²) in [4.78, 5) is 22.7. The third kappa shape index (κ3) is 3.08. The molecular formula is C16H15N3OS2. The molecule has 0 saturated carbocycles. The highest BCUT2D eigenvalue weighted by Crippen LogP contribution is 2.31. The van der Waals surface area contributed by atoms with E-state index in [2.05, 4.69) is 15.3 Å². The van der Waals surface area contributed by atoms with Gasteiger partial charge in [0, 0.05) is 12.4 Å². The first-order chi connectivity index (χ1) is 10.6. The van der Waals surface area contributed by atoms with Crippen molar-refractivity contribution < 1.29 is 4.79 Å². The fraction of sp³-hybridized carbons (Fsp3) is 0.188. The summed E-state index contributed by atoms with van der Waals surface area (Å²) in [7, 11) is 0. The number of nitrogens with zero attached hydrogens (tertiary/aromatic N) is 2. The number of amides is 1. The van der Waals surface area contributed by atoms with Crippen molar-refractivity contribution in [3.05, 3.63) is 58.2 Å². The van der Waals surface area contributed by atoms with Gasteiger partial charge in [0.25, 0.3) is 5.91 Å². The lowest BCUT2D eigenvalue weighted by Crippen LogP contribution is -2.26. The predicted molar refractivity (Wildman–Crippen MR) is 90.3 cm³/mol. The number of aromatic nitrogens is 2. The molecule has 1 N–H and O–H groups in total. The van der Waals surface area contributed by atoms with Gasteiger partial charge >= 0.3 is 0 Å². The van der Waals surface area contributed by atoms with Crippen LogP contribution in [0.3, 0.4) is 0 Å².